The average molecular weight is 502 g/mol. The minimum absolute atomic E-state index is 0.110. The Labute approximate surface area is 189 Å². The van der Waals surface area contributed by atoms with Crippen LogP contribution in [0.25, 0.3) is 0 Å². The van der Waals surface area contributed by atoms with Crippen LogP contribution in [0.5, 0.6) is 5.75 Å². The quantitative estimate of drug-likeness (QED) is 0.352. The van der Waals surface area contributed by atoms with Crippen LogP contribution in [0.1, 0.15) is 22.8 Å². The Morgan fingerprint density at radius 1 is 1.03 bits per heavy atom. The van der Waals surface area contributed by atoms with Crippen LogP contribution < -0.4 is 14.9 Å². The van der Waals surface area contributed by atoms with Crippen molar-refractivity contribution in [1.29, 1.82) is 0 Å². The Balaban J connectivity index is 1.62. The topological polar surface area (TPSA) is 96.9 Å². The van der Waals surface area contributed by atoms with Crippen LogP contribution in [0, 0.1) is 0 Å². The first-order chi connectivity index (χ1) is 14.9. The maximum atomic E-state index is 12.5. The molecule has 0 aromatic heterocycles. The summed E-state index contributed by atoms with van der Waals surface area (Å²) in [5.74, 6) is 0.184. The smallest absolute Gasteiger partial charge is 0.271 e. The van der Waals surface area contributed by atoms with Crippen LogP contribution in [0.3, 0.4) is 0 Å². The van der Waals surface area contributed by atoms with Gasteiger partial charge in [0.15, 0.2) is 0 Å². The van der Waals surface area contributed by atoms with Gasteiger partial charge in [-0.1, -0.05) is 34.1 Å². The summed E-state index contributed by atoms with van der Waals surface area (Å²) in [6.07, 6.45) is 1.53. The van der Waals surface area contributed by atoms with Crippen LogP contribution in [-0.4, -0.2) is 27.1 Å². The van der Waals surface area contributed by atoms with Crippen molar-refractivity contribution >= 4 is 43.8 Å². The van der Waals surface area contributed by atoms with Gasteiger partial charge in [-0.2, -0.15) is 5.10 Å². The lowest BCUT2D eigenvalue weighted by atomic mass is 10.2. The van der Waals surface area contributed by atoms with Gasteiger partial charge >= 0.3 is 0 Å². The number of benzene rings is 3. The van der Waals surface area contributed by atoms with Gasteiger partial charge < -0.3 is 4.74 Å². The number of ether oxygens (including phenoxy) is 1. The molecule has 160 valence electrons. The molecular weight excluding hydrogens is 482 g/mol. The van der Waals surface area contributed by atoms with Crippen molar-refractivity contribution in [1.82, 2.24) is 5.43 Å². The van der Waals surface area contributed by atoms with E-state index in [0.29, 0.717) is 23.6 Å². The molecule has 0 fully saturated rings. The first-order valence-corrected chi connectivity index (χ1v) is 11.6. The second-order valence-corrected chi connectivity index (χ2v) is 8.84. The molecule has 31 heavy (non-hydrogen) atoms. The molecule has 2 N–H and O–H groups in total. The Hall–Kier alpha value is -3.17. The predicted octanol–water partition coefficient (Wildman–Crippen LogP) is 4.41. The summed E-state index contributed by atoms with van der Waals surface area (Å²) in [6, 6.07) is 19.7. The minimum Gasteiger partial charge on any atom is -0.494 e. The zero-order chi connectivity index (χ0) is 22.3. The number of amides is 1. The SMILES string of the molecule is CCOc1ccc(S(=O)(=O)Nc2ccc(C(=O)N/N=C/c3ccccc3Br)cc2)cc1. The lowest BCUT2D eigenvalue weighted by molar-refractivity contribution is 0.0955. The maximum Gasteiger partial charge on any atom is 0.271 e. The van der Waals surface area contributed by atoms with Crippen molar-refractivity contribution in [2.45, 2.75) is 11.8 Å². The normalized spacial score (nSPS) is 11.3. The van der Waals surface area contributed by atoms with E-state index < -0.39 is 15.9 Å². The third kappa shape index (κ3) is 6.16. The van der Waals surface area contributed by atoms with Crippen molar-refractivity contribution in [3.63, 3.8) is 0 Å². The van der Waals surface area contributed by atoms with Crippen LogP contribution in [0.2, 0.25) is 0 Å². The highest BCUT2D eigenvalue weighted by Crippen LogP contribution is 2.20. The predicted molar refractivity (Wildman–Crippen MR) is 124 cm³/mol. The fourth-order valence-corrected chi connectivity index (χ4v) is 4.04. The maximum absolute atomic E-state index is 12.5. The van der Waals surface area contributed by atoms with Gasteiger partial charge in [0.1, 0.15) is 5.75 Å². The van der Waals surface area contributed by atoms with E-state index in [0.717, 1.165) is 10.0 Å². The lowest BCUT2D eigenvalue weighted by Crippen LogP contribution is -2.18. The van der Waals surface area contributed by atoms with Gasteiger partial charge in [-0.05, 0) is 61.5 Å². The second-order valence-electron chi connectivity index (χ2n) is 6.31. The van der Waals surface area contributed by atoms with Crippen molar-refractivity contribution in [3.05, 3.63) is 88.4 Å². The molecule has 1 amide bonds. The number of rotatable bonds is 8. The molecule has 9 heteroatoms. The fourth-order valence-electron chi connectivity index (χ4n) is 2.59. The highest BCUT2D eigenvalue weighted by molar-refractivity contribution is 9.10. The van der Waals surface area contributed by atoms with Crippen molar-refractivity contribution < 1.29 is 17.9 Å². The van der Waals surface area contributed by atoms with Crippen LogP contribution in [-0.2, 0) is 10.0 Å². The van der Waals surface area contributed by atoms with E-state index in [4.69, 9.17) is 4.74 Å². The molecule has 3 aromatic carbocycles. The molecule has 0 bridgehead atoms. The van der Waals surface area contributed by atoms with E-state index in [2.05, 4.69) is 31.2 Å². The summed E-state index contributed by atoms with van der Waals surface area (Å²) in [7, 11) is -3.76. The summed E-state index contributed by atoms with van der Waals surface area (Å²) >= 11 is 3.40. The fraction of sp³-hybridized carbons (Fsp3) is 0.0909. The Kier molecular flexibility index (Phi) is 7.43. The number of anilines is 1. The molecule has 7 nitrogen and oxygen atoms in total. The summed E-state index contributed by atoms with van der Waals surface area (Å²) in [6.45, 7) is 2.35. The number of sulfonamides is 1. The number of hydrogen-bond acceptors (Lipinski definition) is 5. The Bertz CT molecular complexity index is 1180. The van der Waals surface area contributed by atoms with E-state index in [1.54, 1.807) is 12.1 Å². The summed E-state index contributed by atoms with van der Waals surface area (Å²) < 4.78 is 33.7. The van der Waals surface area contributed by atoms with Crippen molar-refractivity contribution in [2.75, 3.05) is 11.3 Å². The zero-order valence-corrected chi connectivity index (χ0v) is 19.0. The Morgan fingerprint density at radius 3 is 2.35 bits per heavy atom. The van der Waals surface area contributed by atoms with Crippen LogP contribution in [0.4, 0.5) is 5.69 Å². The summed E-state index contributed by atoms with van der Waals surface area (Å²) in [5, 5.41) is 3.94. The van der Waals surface area contributed by atoms with Crippen LogP contribution in [0.15, 0.2) is 87.3 Å². The number of carbonyl (C=O) groups is 1. The van der Waals surface area contributed by atoms with Gasteiger partial charge in [-0.3, -0.25) is 9.52 Å². The zero-order valence-electron chi connectivity index (χ0n) is 16.6. The molecule has 0 saturated heterocycles. The van der Waals surface area contributed by atoms with E-state index in [9.17, 15) is 13.2 Å². The Morgan fingerprint density at radius 2 is 1.71 bits per heavy atom. The number of hydrazone groups is 1. The molecule has 0 aliphatic carbocycles. The molecular formula is C22H20BrN3O4S. The van der Waals surface area contributed by atoms with E-state index >= 15 is 0 Å². The number of nitrogens with zero attached hydrogens (tertiary/aromatic N) is 1. The van der Waals surface area contributed by atoms with Crippen LogP contribution >= 0.6 is 15.9 Å². The molecule has 3 aromatic rings. The molecule has 0 saturated carbocycles. The summed E-state index contributed by atoms with van der Waals surface area (Å²) in [5.41, 5.74) is 3.94. The van der Waals surface area contributed by atoms with Gasteiger partial charge in [-0.15, -0.1) is 0 Å². The first-order valence-electron chi connectivity index (χ1n) is 9.33. The third-order valence-electron chi connectivity index (χ3n) is 4.12. The lowest BCUT2D eigenvalue weighted by Gasteiger charge is -2.09. The monoisotopic (exact) mass is 501 g/mol. The second kappa shape index (κ2) is 10.2. The molecule has 0 atom stereocenters. The molecule has 0 spiro atoms. The molecule has 0 aliphatic heterocycles. The molecule has 0 unspecified atom stereocenters. The van der Waals surface area contributed by atoms with E-state index in [1.807, 2.05) is 31.2 Å². The number of hydrogen-bond donors (Lipinski definition) is 2. The standard InChI is InChI=1S/C22H20BrN3O4S/c1-2-30-19-11-13-20(14-12-19)31(28,29)26-18-9-7-16(8-10-18)22(27)25-24-15-17-5-3-4-6-21(17)23/h3-15,26H,2H2,1H3,(H,25,27)/b24-15+. The van der Waals surface area contributed by atoms with Gasteiger partial charge in [-0.25, -0.2) is 13.8 Å². The van der Waals surface area contributed by atoms with Gasteiger partial charge in [0, 0.05) is 21.3 Å². The van der Waals surface area contributed by atoms with Gasteiger partial charge in [0.2, 0.25) is 0 Å². The number of halogens is 1. The average Bonchev–Trinajstić information content (AvgIpc) is 2.76. The van der Waals surface area contributed by atoms with E-state index in [-0.39, 0.29) is 4.90 Å². The largest absolute Gasteiger partial charge is 0.494 e. The van der Waals surface area contributed by atoms with Crippen molar-refractivity contribution in [3.8, 4) is 5.75 Å². The molecule has 3 rings (SSSR count). The minimum atomic E-state index is -3.76. The number of nitrogens with one attached hydrogen (secondary N) is 2. The first kappa shape index (κ1) is 22.5. The third-order valence-corrected chi connectivity index (χ3v) is 6.24. The summed E-state index contributed by atoms with van der Waals surface area (Å²) in [4.78, 5) is 12.3. The van der Waals surface area contributed by atoms with Gasteiger partial charge in [0.25, 0.3) is 15.9 Å². The molecule has 0 aliphatic rings. The van der Waals surface area contributed by atoms with E-state index in [1.165, 1.54) is 42.6 Å². The highest BCUT2D eigenvalue weighted by atomic mass is 79.9. The van der Waals surface area contributed by atoms with Gasteiger partial charge in [0.05, 0.1) is 17.7 Å². The number of carbonyl (C=O) groups excluding carboxylic acids is 1. The van der Waals surface area contributed by atoms with Crippen molar-refractivity contribution in [2.24, 2.45) is 5.10 Å². The molecule has 0 radical (unpaired) electrons. The highest BCUT2D eigenvalue weighted by Gasteiger charge is 2.14. The molecule has 0 heterocycles.